The van der Waals surface area contributed by atoms with Crippen LogP contribution in [-0.2, 0) is 9.63 Å². The van der Waals surface area contributed by atoms with Crippen molar-refractivity contribution in [2.45, 2.75) is 6.92 Å². The minimum atomic E-state index is -0.256. The number of hydroxylamine groups is 1. The zero-order valence-corrected chi connectivity index (χ0v) is 8.28. The summed E-state index contributed by atoms with van der Waals surface area (Å²) in [7, 11) is 1.41. The van der Waals surface area contributed by atoms with E-state index >= 15 is 0 Å². The summed E-state index contributed by atoms with van der Waals surface area (Å²) in [5, 5.41) is 0. The van der Waals surface area contributed by atoms with Crippen LogP contribution in [0.1, 0.15) is 12.5 Å². The second kappa shape index (κ2) is 5.19. The second-order valence-electron chi connectivity index (χ2n) is 2.86. The van der Waals surface area contributed by atoms with E-state index in [1.165, 1.54) is 13.2 Å². The third-order valence-electron chi connectivity index (χ3n) is 1.78. The molecule has 14 heavy (non-hydrogen) atoms. The fourth-order valence-corrected chi connectivity index (χ4v) is 1.11. The Morgan fingerprint density at radius 3 is 2.57 bits per heavy atom. The molecule has 1 N–H and O–H groups in total. The highest BCUT2D eigenvalue weighted by molar-refractivity contribution is 5.94. The molecule has 0 saturated heterocycles. The molecule has 1 rings (SSSR count). The smallest absolute Gasteiger partial charge is 0.267 e. The Bertz CT molecular complexity index is 330. The number of benzene rings is 1. The van der Waals surface area contributed by atoms with Crippen molar-refractivity contribution in [3.8, 4) is 0 Å². The Balaban J connectivity index is 2.75. The van der Waals surface area contributed by atoms with Gasteiger partial charge in [-0.25, -0.2) is 5.48 Å². The molecule has 0 bridgehead atoms. The van der Waals surface area contributed by atoms with Crippen LogP contribution in [-0.4, -0.2) is 13.0 Å². The first-order valence-corrected chi connectivity index (χ1v) is 4.30. The molecular weight excluding hydrogens is 178 g/mol. The number of hydrogen-bond donors (Lipinski definition) is 1. The van der Waals surface area contributed by atoms with E-state index in [0.717, 1.165) is 11.1 Å². The number of carbonyl (C=O) groups excluding carboxylic acids is 1. The zero-order valence-electron chi connectivity index (χ0n) is 8.28. The molecule has 1 amide bonds. The van der Waals surface area contributed by atoms with E-state index in [-0.39, 0.29) is 5.91 Å². The summed E-state index contributed by atoms with van der Waals surface area (Å²) in [5.74, 6) is -0.256. The summed E-state index contributed by atoms with van der Waals surface area (Å²) in [5.41, 5.74) is 4.16. The van der Waals surface area contributed by atoms with Gasteiger partial charge in [0.2, 0.25) is 0 Å². The van der Waals surface area contributed by atoms with E-state index < -0.39 is 0 Å². The number of nitrogens with one attached hydrogen (secondary N) is 1. The highest BCUT2D eigenvalue weighted by Crippen LogP contribution is 2.11. The largest absolute Gasteiger partial charge is 0.277 e. The molecule has 74 valence electrons. The fourth-order valence-electron chi connectivity index (χ4n) is 1.11. The first-order valence-electron chi connectivity index (χ1n) is 4.30. The van der Waals surface area contributed by atoms with Gasteiger partial charge in [0.1, 0.15) is 0 Å². The average molecular weight is 191 g/mol. The molecule has 0 heterocycles. The molecule has 0 aliphatic rings. The summed E-state index contributed by atoms with van der Waals surface area (Å²) < 4.78 is 0. The molecule has 0 atom stereocenters. The summed E-state index contributed by atoms with van der Waals surface area (Å²) in [6.45, 7) is 1.88. The highest BCUT2D eigenvalue weighted by Gasteiger charge is 1.98. The van der Waals surface area contributed by atoms with Gasteiger partial charge in [-0.15, -0.1) is 0 Å². The summed E-state index contributed by atoms with van der Waals surface area (Å²) in [6, 6.07) is 9.70. The minimum absolute atomic E-state index is 0.256. The predicted molar refractivity (Wildman–Crippen MR) is 55.2 cm³/mol. The highest BCUT2D eigenvalue weighted by atomic mass is 16.6. The maximum atomic E-state index is 11.1. The van der Waals surface area contributed by atoms with Gasteiger partial charge in [0.15, 0.2) is 0 Å². The molecule has 0 spiro atoms. The van der Waals surface area contributed by atoms with E-state index in [1.807, 2.05) is 37.3 Å². The lowest BCUT2D eigenvalue weighted by atomic mass is 10.1. The molecule has 3 heteroatoms. The summed E-state index contributed by atoms with van der Waals surface area (Å²) >= 11 is 0. The van der Waals surface area contributed by atoms with Gasteiger partial charge >= 0.3 is 0 Å². The van der Waals surface area contributed by atoms with Crippen molar-refractivity contribution in [2.75, 3.05) is 7.11 Å². The first-order chi connectivity index (χ1) is 6.74. The molecule has 1 aromatic rings. The zero-order chi connectivity index (χ0) is 10.4. The third-order valence-corrected chi connectivity index (χ3v) is 1.78. The van der Waals surface area contributed by atoms with Crippen molar-refractivity contribution >= 4 is 11.5 Å². The lowest BCUT2D eigenvalue weighted by molar-refractivity contribution is -0.126. The van der Waals surface area contributed by atoms with E-state index in [1.54, 1.807) is 0 Å². The predicted octanol–water partition coefficient (Wildman–Crippen LogP) is 1.77. The van der Waals surface area contributed by atoms with E-state index in [4.69, 9.17) is 0 Å². The SMILES string of the molecule is CONC(=O)/C=C(\C)c1ccccc1. The van der Waals surface area contributed by atoms with Crippen molar-refractivity contribution < 1.29 is 9.63 Å². The molecule has 0 aromatic heterocycles. The lowest BCUT2D eigenvalue weighted by Gasteiger charge is -2.01. The van der Waals surface area contributed by atoms with E-state index in [2.05, 4.69) is 10.3 Å². The van der Waals surface area contributed by atoms with Crippen molar-refractivity contribution in [3.05, 3.63) is 42.0 Å². The molecule has 0 radical (unpaired) electrons. The molecule has 0 aliphatic heterocycles. The van der Waals surface area contributed by atoms with Crippen LogP contribution in [0.3, 0.4) is 0 Å². The normalized spacial score (nSPS) is 11.1. The van der Waals surface area contributed by atoms with Gasteiger partial charge in [-0.2, -0.15) is 0 Å². The monoisotopic (exact) mass is 191 g/mol. The molecule has 0 saturated carbocycles. The van der Waals surface area contributed by atoms with Crippen molar-refractivity contribution in [1.82, 2.24) is 5.48 Å². The number of allylic oxidation sites excluding steroid dienone is 1. The number of hydrogen-bond acceptors (Lipinski definition) is 2. The van der Waals surface area contributed by atoms with Gasteiger partial charge in [0, 0.05) is 6.08 Å². The first kappa shape index (κ1) is 10.5. The van der Waals surface area contributed by atoms with E-state index in [9.17, 15) is 4.79 Å². The van der Waals surface area contributed by atoms with Crippen LogP contribution in [0, 0.1) is 0 Å². The molecule has 0 fully saturated rings. The van der Waals surface area contributed by atoms with Gasteiger partial charge < -0.3 is 0 Å². The number of amides is 1. The van der Waals surface area contributed by atoms with Gasteiger partial charge in [0.25, 0.3) is 5.91 Å². The second-order valence-corrected chi connectivity index (χ2v) is 2.86. The van der Waals surface area contributed by atoms with Crippen LogP contribution >= 0.6 is 0 Å². The maximum Gasteiger partial charge on any atom is 0.267 e. The standard InChI is InChI=1S/C11H13NO2/c1-9(8-11(13)12-14-2)10-6-4-3-5-7-10/h3-8H,1-2H3,(H,12,13)/b9-8+. The summed E-state index contributed by atoms with van der Waals surface area (Å²) in [6.07, 6.45) is 1.50. The molecular formula is C11H13NO2. The topological polar surface area (TPSA) is 38.3 Å². The van der Waals surface area contributed by atoms with Gasteiger partial charge in [-0.1, -0.05) is 30.3 Å². The average Bonchev–Trinajstić information content (AvgIpc) is 2.19. The Morgan fingerprint density at radius 2 is 2.00 bits per heavy atom. The fraction of sp³-hybridized carbons (Fsp3) is 0.182. The number of rotatable bonds is 3. The van der Waals surface area contributed by atoms with Crippen LogP contribution in [0.5, 0.6) is 0 Å². The van der Waals surface area contributed by atoms with Gasteiger partial charge in [-0.3, -0.25) is 9.63 Å². The van der Waals surface area contributed by atoms with E-state index in [0.29, 0.717) is 0 Å². The maximum absolute atomic E-state index is 11.1. The molecule has 0 unspecified atom stereocenters. The Morgan fingerprint density at radius 1 is 1.36 bits per heavy atom. The quantitative estimate of drug-likeness (QED) is 0.584. The number of carbonyl (C=O) groups is 1. The van der Waals surface area contributed by atoms with Gasteiger partial charge in [0.05, 0.1) is 7.11 Å². The third kappa shape index (κ3) is 3.03. The lowest BCUT2D eigenvalue weighted by Crippen LogP contribution is -2.19. The van der Waals surface area contributed by atoms with Crippen molar-refractivity contribution in [2.24, 2.45) is 0 Å². The van der Waals surface area contributed by atoms with Crippen LogP contribution in [0.15, 0.2) is 36.4 Å². The minimum Gasteiger partial charge on any atom is -0.277 e. The van der Waals surface area contributed by atoms with Crippen LogP contribution < -0.4 is 5.48 Å². The summed E-state index contributed by atoms with van der Waals surface area (Å²) in [4.78, 5) is 15.6. The molecule has 0 aliphatic carbocycles. The van der Waals surface area contributed by atoms with Crippen LogP contribution in [0.2, 0.25) is 0 Å². The van der Waals surface area contributed by atoms with Crippen LogP contribution in [0.25, 0.3) is 5.57 Å². The Labute approximate surface area is 83.3 Å². The van der Waals surface area contributed by atoms with Crippen molar-refractivity contribution in [3.63, 3.8) is 0 Å². The molecule has 1 aromatic carbocycles. The molecule has 3 nitrogen and oxygen atoms in total. The van der Waals surface area contributed by atoms with Gasteiger partial charge in [-0.05, 0) is 18.1 Å². The Hall–Kier alpha value is -1.61. The Kier molecular flexibility index (Phi) is 3.88. The van der Waals surface area contributed by atoms with Crippen LogP contribution in [0.4, 0.5) is 0 Å². The van der Waals surface area contributed by atoms with Crippen molar-refractivity contribution in [1.29, 1.82) is 0 Å².